The lowest BCUT2D eigenvalue weighted by molar-refractivity contribution is -0.122. The van der Waals surface area contributed by atoms with Crippen LogP contribution in [0.4, 0.5) is 11.4 Å². The Labute approximate surface area is 136 Å². The van der Waals surface area contributed by atoms with Crippen LogP contribution in [0.5, 0.6) is 11.5 Å². The fourth-order valence-corrected chi connectivity index (χ4v) is 2.12. The number of carbonyl (C=O) groups excluding carboxylic acids is 1. The number of benzene rings is 2. The Morgan fingerprint density at radius 2 is 1.91 bits per heavy atom. The van der Waals surface area contributed by atoms with Crippen LogP contribution in [0.15, 0.2) is 42.5 Å². The molecule has 0 heterocycles. The first-order valence-corrected chi connectivity index (χ1v) is 7.53. The number of hydrogen-bond donors (Lipinski definition) is 2. The van der Waals surface area contributed by atoms with E-state index in [1.165, 1.54) is 12.7 Å². The molecule has 2 aromatic carbocycles. The second-order valence-electron chi connectivity index (χ2n) is 5.21. The van der Waals surface area contributed by atoms with Crippen molar-refractivity contribution in [3.63, 3.8) is 0 Å². The van der Waals surface area contributed by atoms with Gasteiger partial charge in [0.2, 0.25) is 0 Å². The van der Waals surface area contributed by atoms with Gasteiger partial charge in [0.15, 0.2) is 6.10 Å². The molecule has 1 amide bonds. The van der Waals surface area contributed by atoms with Crippen molar-refractivity contribution in [2.24, 2.45) is 0 Å². The molecule has 0 aliphatic heterocycles. The van der Waals surface area contributed by atoms with E-state index in [1.807, 2.05) is 24.3 Å². The molecule has 0 aliphatic carbocycles. The summed E-state index contributed by atoms with van der Waals surface area (Å²) in [5.41, 5.74) is 8.04. The summed E-state index contributed by atoms with van der Waals surface area (Å²) >= 11 is 0. The average Bonchev–Trinajstić information content (AvgIpc) is 2.55. The Bertz CT molecular complexity index is 668. The van der Waals surface area contributed by atoms with Crippen LogP contribution in [0.1, 0.15) is 19.4 Å². The minimum Gasteiger partial charge on any atom is -0.495 e. The van der Waals surface area contributed by atoms with Gasteiger partial charge in [0.05, 0.1) is 12.8 Å². The van der Waals surface area contributed by atoms with Gasteiger partial charge in [-0.2, -0.15) is 0 Å². The summed E-state index contributed by atoms with van der Waals surface area (Å²) < 4.78 is 10.9. The molecule has 0 aromatic heterocycles. The standard InChI is InChI=1S/C18H22N2O3/c1-4-13-5-8-15(9-6-13)23-12(2)18(21)20-16-11-14(19)7-10-17(16)22-3/h5-12H,4,19H2,1-3H3,(H,20,21). The van der Waals surface area contributed by atoms with E-state index in [0.717, 1.165) is 6.42 Å². The number of anilines is 2. The van der Waals surface area contributed by atoms with Crippen LogP contribution in [0, 0.1) is 0 Å². The summed E-state index contributed by atoms with van der Waals surface area (Å²) in [7, 11) is 1.54. The van der Waals surface area contributed by atoms with Crippen molar-refractivity contribution in [3.8, 4) is 11.5 Å². The summed E-state index contributed by atoms with van der Waals surface area (Å²) in [6.45, 7) is 3.78. The van der Waals surface area contributed by atoms with Gasteiger partial charge in [-0.15, -0.1) is 0 Å². The lowest BCUT2D eigenvalue weighted by Crippen LogP contribution is -2.30. The number of nitrogens with one attached hydrogen (secondary N) is 1. The third-order valence-corrected chi connectivity index (χ3v) is 3.50. The van der Waals surface area contributed by atoms with E-state index in [1.54, 1.807) is 25.1 Å². The van der Waals surface area contributed by atoms with Crippen LogP contribution < -0.4 is 20.5 Å². The molecule has 0 spiro atoms. The van der Waals surface area contributed by atoms with E-state index < -0.39 is 6.10 Å². The van der Waals surface area contributed by atoms with Gasteiger partial charge in [-0.1, -0.05) is 19.1 Å². The monoisotopic (exact) mass is 314 g/mol. The fourth-order valence-electron chi connectivity index (χ4n) is 2.12. The molecule has 0 aliphatic rings. The van der Waals surface area contributed by atoms with Gasteiger partial charge in [0.1, 0.15) is 11.5 Å². The lowest BCUT2D eigenvalue weighted by atomic mass is 10.2. The van der Waals surface area contributed by atoms with Crippen LogP contribution in [-0.4, -0.2) is 19.1 Å². The number of amides is 1. The molecule has 5 nitrogen and oxygen atoms in total. The van der Waals surface area contributed by atoms with Crippen LogP contribution >= 0.6 is 0 Å². The maximum atomic E-state index is 12.3. The third kappa shape index (κ3) is 4.39. The minimum absolute atomic E-state index is 0.270. The second-order valence-corrected chi connectivity index (χ2v) is 5.21. The van der Waals surface area contributed by atoms with Gasteiger partial charge in [-0.05, 0) is 49.2 Å². The topological polar surface area (TPSA) is 73.6 Å². The SMILES string of the molecule is CCc1ccc(OC(C)C(=O)Nc2cc(N)ccc2OC)cc1. The molecule has 1 unspecified atom stereocenters. The van der Waals surface area contributed by atoms with E-state index in [9.17, 15) is 4.79 Å². The van der Waals surface area contributed by atoms with Crippen molar-refractivity contribution in [1.29, 1.82) is 0 Å². The highest BCUT2D eigenvalue weighted by Crippen LogP contribution is 2.26. The number of nitrogen functional groups attached to an aromatic ring is 1. The van der Waals surface area contributed by atoms with Gasteiger partial charge in [-0.3, -0.25) is 4.79 Å². The van der Waals surface area contributed by atoms with Crippen LogP contribution in [0.2, 0.25) is 0 Å². The van der Waals surface area contributed by atoms with E-state index in [0.29, 0.717) is 22.9 Å². The van der Waals surface area contributed by atoms with Gasteiger partial charge < -0.3 is 20.5 Å². The van der Waals surface area contributed by atoms with Crippen LogP contribution in [0.25, 0.3) is 0 Å². The molecule has 5 heteroatoms. The maximum absolute atomic E-state index is 12.3. The predicted molar refractivity (Wildman–Crippen MR) is 91.9 cm³/mol. The number of ether oxygens (including phenoxy) is 2. The molecule has 122 valence electrons. The molecule has 2 rings (SSSR count). The molecule has 0 bridgehead atoms. The molecule has 1 atom stereocenters. The first-order valence-electron chi connectivity index (χ1n) is 7.53. The number of nitrogens with two attached hydrogens (primary N) is 1. The van der Waals surface area contributed by atoms with Crippen molar-refractivity contribution in [3.05, 3.63) is 48.0 Å². The first-order chi connectivity index (χ1) is 11.0. The average molecular weight is 314 g/mol. The molecule has 3 N–H and O–H groups in total. The van der Waals surface area contributed by atoms with Crippen molar-refractivity contribution in [2.45, 2.75) is 26.4 Å². The van der Waals surface area contributed by atoms with Crippen LogP contribution in [-0.2, 0) is 11.2 Å². The highest BCUT2D eigenvalue weighted by Gasteiger charge is 2.17. The van der Waals surface area contributed by atoms with Crippen molar-refractivity contribution in [2.75, 3.05) is 18.2 Å². The zero-order valence-electron chi connectivity index (χ0n) is 13.6. The van der Waals surface area contributed by atoms with Crippen LogP contribution in [0.3, 0.4) is 0 Å². The Morgan fingerprint density at radius 1 is 1.22 bits per heavy atom. The number of methoxy groups -OCH3 is 1. The Morgan fingerprint density at radius 3 is 2.52 bits per heavy atom. The summed E-state index contributed by atoms with van der Waals surface area (Å²) in [6, 6.07) is 12.8. The summed E-state index contributed by atoms with van der Waals surface area (Å²) in [5.74, 6) is 0.935. The zero-order valence-corrected chi connectivity index (χ0v) is 13.6. The Balaban J connectivity index is 2.03. The lowest BCUT2D eigenvalue weighted by Gasteiger charge is -2.16. The molecule has 0 saturated heterocycles. The van der Waals surface area contributed by atoms with Gasteiger partial charge in [0.25, 0.3) is 5.91 Å². The molecule has 2 aromatic rings. The largest absolute Gasteiger partial charge is 0.495 e. The quantitative estimate of drug-likeness (QED) is 0.803. The molecule has 0 fully saturated rings. The normalized spacial score (nSPS) is 11.6. The highest BCUT2D eigenvalue weighted by molar-refractivity contribution is 5.95. The van der Waals surface area contributed by atoms with Gasteiger partial charge >= 0.3 is 0 Å². The van der Waals surface area contributed by atoms with E-state index in [4.69, 9.17) is 15.2 Å². The highest BCUT2D eigenvalue weighted by atomic mass is 16.5. The smallest absolute Gasteiger partial charge is 0.265 e. The van der Waals surface area contributed by atoms with Crippen molar-refractivity contribution >= 4 is 17.3 Å². The zero-order chi connectivity index (χ0) is 16.8. The summed E-state index contributed by atoms with van der Waals surface area (Å²) in [5, 5.41) is 2.78. The maximum Gasteiger partial charge on any atom is 0.265 e. The molecular weight excluding hydrogens is 292 g/mol. The molecular formula is C18H22N2O3. The fraction of sp³-hybridized carbons (Fsp3) is 0.278. The van der Waals surface area contributed by atoms with Crippen molar-refractivity contribution < 1.29 is 14.3 Å². The summed E-state index contributed by atoms with van der Waals surface area (Å²) in [4.78, 5) is 12.3. The number of aryl methyl sites for hydroxylation is 1. The molecule has 0 saturated carbocycles. The number of carbonyl (C=O) groups is 1. The Hall–Kier alpha value is -2.69. The first kappa shape index (κ1) is 16.7. The van der Waals surface area contributed by atoms with E-state index in [-0.39, 0.29) is 5.91 Å². The van der Waals surface area contributed by atoms with Gasteiger partial charge in [-0.25, -0.2) is 0 Å². The minimum atomic E-state index is -0.645. The molecule has 23 heavy (non-hydrogen) atoms. The van der Waals surface area contributed by atoms with Gasteiger partial charge in [0, 0.05) is 5.69 Å². The Kier molecular flexibility index (Phi) is 5.46. The second kappa shape index (κ2) is 7.54. The molecule has 0 radical (unpaired) electrons. The van der Waals surface area contributed by atoms with E-state index in [2.05, 4.69) is 12.2 Å². The third-order valence-electron chi connectivity index (χ3n) is 3.50. The predicted octanol–water partition coefficient (Wildman–Crippen LogP) is 3.25. The number of rotatable bonds is 6. The number of hydrogen-bond acceptors (Lipinski definition) is 4. The summed E-state index contributed by atoms with van der Waals surface area (Å²) in [6.07, 6.45) is 0.319. The van der Waals surface area contributed by atoms with Crippen molar-refractivity contribution in [1.82, 2.24) is 0 Å². The van der Waals surface area contributed by atoms with E-state index >= 15 is 0 Å².